The van der Waals surface area contributed by atoms with Gasteiger partial charge >= 0.3 is 12.1 Å². The van der Waals surface area contributed by atoms with E-state index in [0.29, 0.717) is 0 Å². The molecule has 0 unspecified atom stereocenters. The minimum atomic E-state index is -4.56. The van der Waals surface area contributed by atoms with Crippen LogP contribution in [0.15, 0.2) is 53.4 Å². The maximum atomic E-state index is 13.0. The Labute approximate surface area is 160 Å². The van der Waals surface area contributed by atoms with Gasteiger partial charge in [-0.3, -0.25) is 0 Å². The number of benzene rings is 2. The summed E-state index contributed by atoms with van der Waals surface area (Å²) in [5.41, 5.74) is -1.04. The number of hydrogen-bond donors (Lipinski definition) is 1. The molecule has 0 aliphatic rings. The molecule has 0 bridgehead atoms. The predicted octanol–water partition coefficient (Wildman–Crippen LogP) is 2.99. The van der Waals surface area contributed by atoms with Crippen molar-refractivity contribution in [3.63, 3.8) is 0 Å². The van der Waals surface area contributed by atoms with Crippen molar-refractivity contribution in [2.75, 3.05) is 20.3 Å². The summed E-state index contributed by atoms with van der Waals surface area (Å²) in [7, 11) is -2.33. The molecule has 10 heteroatoms. The molecule has 1 N–H and O–H groups in total. The number of methoxy groups -OCH3 is 1. The highest BCUT2D eigenvalue weighted by molar-refractivity contribution is 7.89. The predicted molar refractivity (Wildman–Crippen MR) is 94.1 cm³/mol. The van der Waals surface area contributed by atoms with Crippen molar-refractivity contribution in [3.05, 3.63) is 65.2 Å². The maximum absolute atomic E-state index is 13.0. The van der Waals surface area contributed by atoms with Crippen LogP contribution in [0.4, 0.5) is 13.2 Å². The van der Waals surface area contributed by atoms with Crippen LogP contribution < -0.4 is 4.72 Å². The smallest absolute Gasteiger partial charge is 0.416 e. The summed E-state index contributed by atoms with van der Waals surface area (Å²) < 4.78 is 74.9. The first kappa shape index (κ1) is 21.9. The van der Waals surface area contributed by atoms with Crippen LogP contribution in [0.3, 0.4) is 0 Å². The number of rotatable bonds is 8. The third-order valence-corrected chi connectivity index (χ3v) is 5.16. The monoisotopic (exact) mass is 417 g/mol. The fraction of sp³-hybridized carbons (Fsp3) is 0.278. The van der Waals surface area contributed by atoms with E-state index in [9.17, 15) is 26.4 Å². The Morgan fingerprint density at radius 1 is 1.07 bits per heavy atom. The zero-order valence-electron chi connectivity index (χ0n) is 14.8. The summed E-state index contributed by atoms with van der Waals surface area (Å²) in [6, 6.07) is 9.63. The molecule has 0 aromatic heterocycles. The number of ether oxygens (including phenoxy) is 2. The van der Waals surface area contributed by atoms with E-state index in [1.54, 1.807) is 0 Å². The number of sulfonamides is 1. The van der Waals surface area contributed by atoms with Gasteiger partial charge in [0.2, 0.25) is 10.0 Å². The van der Waals surface area contributed by atoms with Gasteiger partial charge in [-0.1, -0.05) is 18.2 Å². The zero-order chi connectivity index (χ0) is 20.8. The van der Waals surface area contributed by atoms with Crippen molar-refractivity contribution >= 4 is 16.0 Å². The standard InChI is InChI=1S/C18H18F3NO5S/c1-26-11-10-22-28(24,25)15-8-6-13(7-9-15)17(23)27-12-14-4-2-3-5-16(14)18(19,20)21/h2-9,22H,10-12H2,1H3. The van der Waals surface area contributed by atoms with E-state index in [2.05, 4.69) is 4.72 Å². The van der Waals surface area contributed by atoms with Crippen LogP contribution in [-0.4, -0.2) is 34.6 Å². The number of halogens is 3. The van der Waals surface area contributed by atoms with E-state index in [4.69, 9.17) is 9.47 Å². The molecule has 0 aliphatic heterocycles. The molecule has 2 aromatic carbocycles. The Balaban J connectivity index is 2.05. The number of nitrogens with one attached hydrogen (secondary N) is 1. The third kappa shape index (κ3) is 5.78. The number of alkyl halides is 3. The molecule has 2 rings (SSSR count). The summed E-state index contributed by atoms with van der Waals surface area (Å²) in [5, 5.41) is 0. The van der Waals surface area contributed by atoms with Gasteiger partial charge in [-0.15, -0.1) is 0 Å². The molecule has 0 saturated heterocycles. The molecule has 0 fully saturated rings. The number of carbonyl (C=O) groups excluding carboxylic acids is 1. The molecular formula is C18H18F3NO5S. The van der Waals surface area contributed by atoms with E-state index in [1.807, 2.05) is 0 Å². The quantitative estimate of drug-likeness (QED) is 0.528. The molecule has 0 saturated carbocycles. The lowest BCUT2D eigenvalue weighted by Crippen LogP contribution is -2.27. The fourth-order valence-electron chi connectivity index (χ4n) is 2.28. The summed E-state index contributed by atoms with van der Waals surface area (Å²) in [6.45, 7) is -0.280. The van der Waals surface area contributed by atoms with Crippen LogP contribution in [0, 0.1) is 0 Å². The van der Waals surface area contributed by atoms with E-state index in [0.717, 1.165) is 6.07 Å². The van der Waals surface area contributed by atoms with Crippen molar-refractivity contribution in [2.45, 2.75) is 17.7 Å². The Morgan fingerprint density at radius 2 is 1.71 bits per heavy atom. The molecule has 0 atom stereocenters. The SMILES string of the molecule is COCCNS(=O)(=O)c1ccc(C(=O)OCc2ccccc2C(F)(F)F)cc1. The van der Waals surface area contributed by atoms with Gasteiger partial charge in [0.05, 0.1) is 22.6 Å². The molecule has 0 radical (unpaired) electrons. The van der Waals surface area contributed by atoms with Crippen molar-refractivity contribution < 1.29 is 35.9 Å². The van der Waals surface area contributed by atoms with Gasteiger partial charge in [-0.05, 0) is 30.3 Å². The van der Waals surface area contributed by atoms with Crippen LogP contribution in [0.25, 0.3) is 0 Å². The van der Waals surface area contributed by atoms with E-state index < -0.39 is 34.3 Å². The second-order valence-corrected chi connectivity index (χ2v) is 7.41. The molecule has 0 amide bonds. The molecule has 0 heterocycles. The minimum absolute atomic E-state index is 0.0142. The Hall–Kier alpha value is -2.43. The third-order valence-electron chi connectivity index (χ3n) is 3.68. The lowest BCUT2D eigenvalue weighted by Gasteiger charge is -2.13. The fourth-order valence-corrected chi connectivity index (χ4v) is 3.29. The largest absolute Gasteiger partial charge is 0.457 e. The molecule has 152 valence electrons. The van der Waals surface area contributed by atoms with Gasteiger partial charge in [-0.25, -0.2) is 17.9 Å². The Morgan fingerprint density at radius 3 is 2.32 bits per heavy atom. The topological polar surface area (TPSA) is 81.7 Å². The highest BCUT2D eigenvalue weighted by Gasteiger charge is 2.33. The van der Waals surface area contributed by atoms with Gasteiger partial charge < -0.3 is 9.47 Å². The Kier molecular flexibility index (Phi) is 7.17. The molecule has 0 spiro atoms. The van der Waals surface area contributed by atoms with Crippen molar-refractivity contribution in [2.24, 2.45) is 0 Å². The number of carbonyl (C=O) groups is 1. The van der Waals surface area contributed by atoms with Crippen molar-refractivity contribution in [3.8, 4) is 0 Å². The van der Waals surface area contributed by atoms with Crippen molar-refractivity contribution in [1.29, 1.82) is 0 Å². The second kappa shape index (κ2) is 9.18. The minimum Gasteiger partial charge on any atom is -0.457 e. The van der Waals surface area contributed by atoms with Crippen LogP contribution in [0.2, 0.25) is 0 Å². The maximum Gasteiger partial charge on any atom is 0.416 e. The summed E-state index contributed by atoms with van der Waals surface area (Å²) in [6.07, 6.45) is -4.56. The molecule has 6 nitrogen and oxygen atoms in total. The first-order chi connectivity index (χ1) is 13.1. The van der Waals surface area contributed by atoms with Gasteiger partial charge in [0.15, 0.2) is 0 Å². The average molecular weight is 417 g/mol. The summed E-state index contributed by atoms with van der Waals surface area (Å²) in [5.74, 6) is -0.867. The van der Waals surface area contributed by atoms with Gasteiger partial charge in [0.1, 0.15) is 6.61 Å². The summed E-state index contributed by atoms with van der Waals surface area (Å²) in [4.78, 5) is 12.0. The highest BCUT2D eigenvalue weighted by Crippen LogP contribution is 2.32. The molecule has 2 aromatic rings. The second-order valence-electron chi connectivity index (χ2n) is 5.65. The highest BCUT2D eigenvalue weighted by atomic mass is 32.2. The van der Waals surface area contributed by atoms with Crippen LogP contribution in [0.1, 0.15) is 21.5 Å². The zero-order valence-corrected chi connectivity index (χ0v) is 15.6. The van der Waals surface area contributed by atoms with E-state index in [1.165, 1.54) is 49.6 Å². The van der Waals surface area contributed by atoms with E-state index >= 15 is 0 Å². The van der Waals surface area contributed by atoms with Gasteiger partial charge in [-0.2, -0.15) is 13.2 Å². The average Bonchev–Trinajstić information content (AvgIpc) is 2.66. The first-order valence-electron chi connectivity index (χ1n) is 8.06. The van der Waals surface area contributed by atoms with E-state index in [-0.39, 0.29) is 29.2 Å². The lowest BCUT2D eigenvalue weighted by molar-refractivity contribution is -0.138. The normalized spacial score (nSPS) is 12.0. The molecule has 28 heavy (non-hydrogen) atoms. The summed E-state index contributed by atoms with van der Waals surface area (Å²) >= 11 is 0. The molecular weight excluding hydrogens is 399 g/mol. The van der Waals surface area contributed by atoms with Crippen molar-refractivity contribution in [1.82, 2.24) is 4.72 Å². The van der Waals surface area contributed by atoms with Crippen LogP contribution in [-0.2, 0) is 32.3 Å². The number of hydrogen-bond acceptors (Lipinski definition) is 5. The van der Waals surface area contributed by atoms with Crippen LogP contribution in [0.5, 0.6) is 0 Å². The van der Waals surface area contributed by atoms with Gasteiger partial charge in [0, 0.05) is 19.2 Å². The number of esters is 1. The van der Waals surface area contributed by atoms with Gasteiger partial charge in [0.25, 0.3) is 0 Å². The molecule has 0 aliphatic carbocycles. The van der Waals surface area contributed by atoms with Crippen LogP contribution >= 0.6 is 0 Å². The Bertz CT molecular complexity index is 912. The first-order valence-corrected chi connectivity index (χ1v) is 9.54. The lowest BCUT2D eigenvalue weighted by atomic mass is 10.1.